The van der Waals surface area contributed by atoms with Crippen LogP contribution in [0, 0.1) is 17.0 Å². The fraction of sp³-hybridized carbons (Fsp3) is 0.360. The number of nitrogens with zero attached hydrogens (tertiary/aromatic N) is 3. The summed E-state index contributed by atoms with van der Waals surface area (Å²) in [5.74, 6) is -1.67. The molecule has 0 aliphatic carbocycles. The molecule has 1 fully saturated rings. The highest BCUT2D eigenvalue weighted by Crippen LogP contribution is 2.39. The number of non-ortho nitro benzene ring substituents is 1. The van der Waals surface area contributed by atoms with Crippen molar-refractivity contribution in [2.24, 2.45) is 0 Å². The Morgan fingerprint density at radius 3 is 2.21 bits per heavy atom. The first-order valence-electron chi connectivity index (χ1n) is 11.1. The van der Waals surface area contributed by atoms with Crippen molar-refractivity contribution in [2.75, 3.05) is 26.2 Å². The van der Waals surface area contributed by atoms with Crippen LogP contribution in [0.3, 0.4) is 0 Å². The number of likely N-dealkylation sites (tertiary alicyclic amines) is 1. The number of Topliss-reactive ketones (excluding diaryl/α,β-unsaturated/α-hetero) is 1. The number of nitro benzene ring substituents is 1. The third-order valence-corrected chi connectivity index (χ3v) is 6.05. The first-order chi connectivity index (χ1) is 15.8. The van der Waals surface area contributed by atoms with Crippen molar-refractivity contribution in [3.05, 3.63) is 80.9 Å². The first kappa shape index (κ1) is 24.1. The number of benzene rings is 2. The smallest absolute Gasteiger partial charge is 0.295 e. The topological polar surface area (TPSA) is 104 Å². The third kappa shape index (κ3) is 5.12. The maximum atomic E-state index is 13.0. The van der Waals surface area contributed by atoms with Crippen molar-refractivity contribution < 1.29 is 19.6 Å². The van der Waals surface area contributed by atoms with Crippen molar-refractivity contribution in [1.82, 2.24) is 9.80 Å². The molecule has 0 saturated carbocycles. The van der Waals surface area contributed by atoms with Gasteiger partial charge in [0.05, 0.1) is 16.5 Å². The molecule has 8 nitrogen and oxygen atoms in total. The van der Waals surface area contributed by atoms with Gasteiger partial charge in [0, 0.05) is 24.2 Å². The van der Waals surface area contributed by atoms with E-state index in [4.69, 9.17) is 0 Å². The number of aliphatic hydroxyl groups is 1. The van der Waals surface area contributed by atoms with Gasteiger partial charge >= 0.3 is 0 Å². The Hall–Kier alpha value is -3.52. The van der Waals surface area contributed by atoms with Gasteiger partial charge in [0.2, 0.25) is 0 Å². The van der Waals surface area contributed by atoms with Crippen molar-refractivity contribution in [1.29, 1.82) is 0 Å². The summed E-state index contributed by atoms with van der Waals surface area (Å²) >= 11 is 0. The van der Waals surface area contributed by atoms with Crippen molar-refractivity contribution >= 4 is 23.1 Å². The lowest BCUT2D eigenvalue weighted by atomic mass is 9.95. The van der Waals surface area contributed by atoms with Crippen LogP contribution in [0.5, 0.6) is 0 Å². The molecule has 0 aromatic heterocycles. The quantitative estimate of drug-likeness (QED) is 0.203. The van der Waals surface area contributed by atoms with Gasteiger partial charge in [-0.25, -0.2) is 0 Å². The van der Waals surface area contributed by atoms with Gasteiger partial charge in [0.15, 0.2) is 0 Å². The lowest BCUT2D eigenvalue weighted by Crippen LogP contribution is -2.33. The molecule has 1 aliphatic heterocycles. The first-order valence-corrected chi connectivity index (χ1v) is 11.1. The zero-order valence-electron chi connectivity index (χ0n) is 19.2. The van der Waals surface area contributed by atoms with Crippen LogP contribution >= 0.6 is 0 Å². The second-order valence-electron chi connectivity index (χ2n) is 8.09. The summed E-state index contributed by atoms with van der Waals surface area (Å²) in [6.45, 7) is 8.90. The number of carbonyl (C=O) groups excluding carboxylic acids is 2. The van der Waals surface area contributed by atoms with Crippen LogP contribution < -0.4 is 0 Å². The maximum absolute atomic E-state index is 13.0. The molecule has 1 N–H and O–H groups in total. The molecule has 1 amide bonds. The van der Waals surface area contributed by atoms with E-state index in [0.717, 1.165) is 25.2 Å². The van der Waals surface area contributed by atoms with Crippen LogP contribution in [-0.4, -0.2) is 57.7 Å². The van der Waals surface area contributed by atoms with Crippen LogP contribution in [0.1, 0.15) is 43.0 Å². The number of ketones is 1. The molecule has 1 saturated heterocycles. The predicted molar refractivity (Wildman–Crippen MR) is 126 cm³/mol. The molecule has 1 unspecified atom stereocenters. The van der Waals surface area contributed by atoms with E-state index in [1.54, 1.807) is 12.1 Å². The Morgan fingerprint density at radius 2 is 1.67 bits per heavy atom. The summed E-state index contributed by atoms with van der Waals surface area (Å²) in [5.41, 5.74) is 1.89. The molecular formula is C25H29N3O5. The summed E-state index contributed by atoms with van der Waals surface area (Å²) in [5, 5.41) is 22.1. The molecule has 1 heterocycles. The SMILES string of the molecule is CCN(CC)CCCN1C(=O)C(=O)C(=C(O)c2ccc(C)cc2)C1c1ccc([N+](=O)[O-])cc1. The molecule has 1 aliphatic rings. The molecule has 3 rings (SSSR count). The van der Waals surface area contributed by atoms with E-state index < -0.39 is 22.7 Å². The summed E-state index contributed by atoms with van der Waals surface area (Å²) in [4.78, 5) is 40.3. The van der Waals surface area contributed by atoms with Gasteiger partial charge in [0.1, 0.15) is 5.76 Å². The van der Waals surface area contributed by atoms with Gasteiger partial charge in [-0.1, -0.05) is 43.7 Å². The van der Waals surface area contributed by atoms with Gasteiger partial charge in [-0.3, -0.25) is 19.7 Å². The second kappa shape index (κ2) is 10.4. The average Bonchev–Trinajstić information content (AvgIpc) is 3.07. The van der Waals surface area contributed by atoms with E-state index in [2.05, 4.69) is 18.7 Å². The van der Waals surface area contributed by atoms with Gasteiger partial charge in [-0.2, -0.15) is 0 Å². The summed E-state index contributed by atoms with van der Waals surface area (Å²) in [7, 11) is 0. The molecule has 0 spiro atoms. The highest BCUT2D eigenvalue weighted by molar-refractivity contribution is 6.46. The summed E-state index contributed by atoms with van der Waals surface area (Å²) in [6.07, 6.45) is 0.656. The number of aryl methyl sites for hydroxylation is 1. The van der Waals surface area contributed by atoms with Gasteiger partial charge in [-0.05, 0) is 50.7 Å². The minimum Gasteiger partial charge on any atom is -0.507 e. The molecule has 0 radical (unpaired) electrons. The number of nitro groups is 1. The molecule has 8 heteroatoms. The summed E-state index contributed by atoms with van der Waals surface area (Å²) in [6, 6.07) is 12.0. The molecule has 33 heavy (non-hydrogen) atoms. The lowest BCUT2D eigenvalue weighted by molar-refractivity contribution is -0.384. The zero-order valence-corrected chi connectivity index (χ0v) is 19.2. The number of hydrogen-bond donors (Lipinski definition) is 1. The van der Waals surface area contributed by atoms with E-state index in [9.17, 15) is 24.8 Å². The highest BCUT2D eigenvalue weighted by atomic mass is 16.6. The minimum atomic E-state index is -0.816. The molecular weight excluding hydrogens is 422 g/mol. The number of carbonyl (C=O) groups is 2. The van der Waals surface area contributed by atoms with Gasteiger partial charge < -0.3 is 14.9 Å². The van der Waals surface area contributed by atoms with Gasteiger partial charge in [0.25, 0.3) is 17.4 Å². The van der Waals surface area contributed by atoms with Gasteiger partial charge in [-0.15, -0.1) is 0 Å². The molecule has 0 bridgehead atoms. The standard InChI is InChI=1S/C25H29N3O5/c1-4-26(5-2)15-6-16-27-22(18-11-13-20(14-12-18)28(32)33)21(24(30)25(27)31)23(29)19-9-7-17(3)8-10-19/h7-14,22,29H,4-6,15-16H2,1-3H3. The van der Waals surface area contributed by atoms with Crippen molar-refractivity contribution in [3.8, 4) is 0 Å². The van der Waals surface area contributed by atoms with Crippen molar-refractivity contribution in [3.63, 3.8) is 0 Å². The largest absolute Gasteiger partial charge is 0.507 e. The Morgan fingerprint density at radius 1 is 1.06 bits per heavy atom. The molecule has 2 aromatic rings. The number of aliphatic hydroxyl groups excluding tert-OH is 1. The number of rotatable bonds is 9. The van der Waals surface area contributed by atoms with E-state index >= 15 is 0 Å². The molecule has 2 aromatic carbocycles. The van der Waals surface area contributed by atoms with Crippen LogP contribution in [0.15, 0.2) is 54.1 Å². The van der Waals surface area contributed by atoms with E-state index in [-0.39, 0.29) is 17.0 Å². The predicted octanol–water partition coefficient (Wildman–Crippen LogP) is 4.06. The van der Waals surface area contributed by atoms with Crippen LogP contribution in [0.2, 0.25) is 0 Å². The second-order valence-corrected chi connectivity index (χ2v) is 8.09. The maximum Gasteiger partial charge on any atom is 0.295 e. The highest BCUT2D eigenvalue weighted by Gasteiger charge is 2.45. The fourth-order valence-electron chi connectivity index (χ4n) is 4.11. The van der Waals surface area contributed by atoms with Crippen molar-refractivity contribution in [2.45, 2.75) is 33.2 Å². The van der Waals surface area contributed by atoms with Crippen LogP contribution in [0.4, 0.5) is 5.69 Å². The minimum absolute atomic E-state index is 0.000505. The zero-order chi connectivity index (χ0) is 24.1. The molecule has 174 valence electrons. The van der Waals surface area contributed by atoms with E-state index in [1.807, 2.05) is 19.1 Å². The summed E-state index contributed by atoms with van der Waals surface area (Å²) < 4.78 is 0. The fourth-order valence-corrected chi connectivity index (χ4v) is 4.11. The molecule has 1 atom stereocenters. The van der Waals surface area contributed by atoms with Crippen LogP contribution in [0.25, 0.3) is 5.76 Å². The van der Waals surface area contributed by atoms with E-state index in [0.29, 0.717) is 24.1 Å². The Bertz CT molecular complexity index is 1060. The normalized spacial score (nSPS) is 17.7. The van der Waals surface area contributed by atoms with E-state index in [1.165, 1.54) is 29.2 Å². The number of amides is 1. The lowest BCUT2D eigenvalue weighted by Gasteiger charge is -2.26. The third-order valence-electron chi connectivity index (χ3n) is 6.05. The Kier molecular flexibility index (Phi) is 7.60. The Labute approximate surface area is 193 Å². The Balaban J connectivity index is 2.03. The number of hydrogen-bond acceptors (Lipinski definition) is 6. The monoisotopic (exact) mass is 451 g/mol. The average molecular weight is 452 g/mol. The van der Waals surface area contributed by atoms with Crippen LogP contribution in [-0.2, 0) is 9.59 Å².